The number of hydrogen-bond donors (Lipinski definition) is 0. The molecule has 0 spiro atoms. The van der Waals surface area contributed by atoms with E-state index in [9.17, 15) is 0 Å². The maximum Gasteiger partial charge on any atom is 3.00 e. The molecule has 0 atom stereocenters. The number of pyridine rings is 1. The Labute approximate surface area is 260 Å². The first-order valence-electron chi connectivity index (χ1n) is 14.3. The molecular weight excluding hydrogens is 693 g/mol. The molecule has 0 N–H and O–H groups in total. The zero-order chi connectivity index (χ0) is 27.8. The smallest absolute Gasteiger partial charge is 0.508 e. The molecule has 42 heavy (non-hydrogen) atoms. The first-order chi connectivity index (χ1) is 20.2. The number of nitrogens with zero attached hydrogens (tertiary/aromatic N) is 4. The summed E-state index contributed by atoms with van der Waals surface area (Å²) in [4.78, 5) is 8.80. The fourth-order valence-corrected chi connectivity index (χ4v) is 5.75. The van der Waals surface area contributed by atoms with E-state index in [0.29, 0.717) is 0 Å². The topological polar surface area (TPSA) is 23.8 Å². The molecule has 0 unspecified atom stereocenters. The largest absolute Gasteiger partial charge is 3.00 e. The van der Waals surface area contributed by atoms with Crippen molar-refractivity contribution in [1.82, 2.24) is 14.3 Å². The minimum atomic E-state index is 0. The Kier molecular flexibility index (Phi) is 7.97. The van der Waals surface area contributed by atoms with E-state index in [4.69, 9.17) is 0 Å². The number of para-hydroxylation sites is 2. The molecule has 1 aliphatic rings. The maximum absolute atomic E-state index is 4.32. The molecule has 0 saturated carbocycles. The third kappa shape index (κ3) is 4.93. The summed E-state index contributed by atoms with van der Waals surface area (Å²) in [6.07, 6.45) is 8.58. The van der Waals surface area contributed by atoms with E-state index in [1.54, 1.807) is 0 Å². The van der Waals surface area contributed by atoms with Gasteiger partial charge in [-0.05, 0) is 72.0 Å². The van der Waals surface area contributed by atoms with E-state index in [1.807, 2.05) is 43.5 Å². The van der Waals surface area contributed by atoms with Gasteiger partial charge >= 0.3 is 20.1 Å². The first kappa shape index (κ1) is 28.0. The van der Waals surface area contributed by atoms with Gasteiger partial charge in [-0.15, -0.1) is 41.3 Å². The molecule has 4 heterocycles. The zero-order valence-corrected chi connectivity index (χ0v) is 26.1. The van der Waals surface area contributed by atoms with Crippen LogP contribution in [0.5, 0.6) is 0 Å². The van der Waals surface area contributed by atoms with E-state index in [2.05, 4.69) is 118 Å². The van der Waals surface area contributed by atoms with Gasteiger partial charge in [0.25, 0.3) is 0 Å². The molecule has 0 bridgehead atoms. The van der Waals surface area contributed by atoms with Gasteiger partial charge in [0.2, 0.25) is 0 Å². The summed E-state index contributed by atoms with van der Waals surface area (Å²) in [5, 5.41) is 5.13. The molecule has 0 amide bonds. The average Bonchev–Trinajstić information content (AvgIpc) is 3.73. The standard InChI is InChI=1S/C25H21N3.C12H10N.Ir/c1-2-3-14-26-15-16-27(17-26)23-13-12-19-18-8-4-6-10-21(18)28-22-11-7-5-9-20(22)24(23)25(19)28;1-10-7-8-12(13-9-10)11-5-3-2-4-6-11;/h4-12,15-17H,2-3,14H2,1H3;2-5,7-9H,1H3;/q-2;-1;+3. The minimum absolute atomic E-state index is 0. The summed E-state index contributed by atoms with van der Waals surface area (Å²) in [6, 6.07) is 38.2. The molecule has 208 valence electrons. The normalized spacial score (nSPS) is 12.8. The first-order valence-corrected chi connectivity index (χ1v) is 14.3. The van der Waals surface area contributed by atoms with Gasteiger partial charge in [-0.3, -0.25) is 0 Å². The number of anilines is 1. The Morgan fingerprint density at radius 2 is 1.57 bits per heavy atom. The van der Waals surface area contributed by atoms with Crippen molar-refractivity contribution in [2.75, 3.05) is 11.4 Å². The third-order valence-electron chi connectivity index (χ3n) is 7.77. The van der Waals surface area contributed by atoms with Gasteiger partial charge in [0.1, 0.15) is 0 Å². The van der Waals surface area contributed by atoms with Crippen LogP contribution >= 0.6 is 0 Å². The van der Waals surface area contributed by atoms with Crippen LogP contribution < -0.4 is 4.90 Å². The number of rotatable bonds is 5. The van der Waals surface area contributed by atoms with Crippen LogP contribution in [0.2, 0.25) is 0 Å². The van der Waals surface area contributed by atoms with Gasteiger partial charge in [0.15, 0.2) is 0 Å². The fourth-order valence-electron chi connectivity index (χ4n) is 5.75. The Morgan fingerprint density at radius 1 is 0.810 bits per heavy atom. The van der Waals surface area contributed by atoms with Crippen molar-refractivity contribution in [1.29, 1.82) is 0 Å². The predicted molar refractivity (Wildman–Crippen MR) is 171 cm³/mol. The van der Waals surface area contributed by atoms with Crippen LogP contribution in [0.4, 0.5) is 5.69 Å². The molecule has 5 heteroatoms. The van der Waals surface area contributed by atoms with Crippen molar-refractivity contribution in [3.63, 3.8) is 0 Å². The van der Waals surface area contributed by atoms with Gasteiger partial charge in [0.05, 0.1) is 0 Å². The summed E-state index contributed by atoms with van der Waals surface area (Å²) < 4.78 is 2.42. The molecule has 7 aromatic rings. The summed E-state index contributed by atoms with van der Waals surface area (Å²) >= 11 is 0. The van der Waals surface area contributed by atoms with E-state index < -0.39 is 0 Å². The van der Waals surface area contributed by atoms with Gasteiger partial charge in [0, 0.05) is 17.2 Å². The van der Waals surface area contributed by atoms with Crippen molar-refractivity contribution in [3.05, 3.63) is 134 Å². The van der Waals surface area contributed by atoms with Crippen LogP contribution in [0, 0.1) is 25.7 Å². The van der Waals surface area contributed by atoms with Crippen LogP contribution in [0.15, 0.2) is 110 Å². The summed E-state index contributed by atoms with van der Waals surface area (Å²) in [6.45, 7) is 7.51. The van der Waals surface area contributed by atoms with Crippen LogP contribution in [0.3, 0.4) is 0 Å². The summed E-state index contributed by atoms with van der Waals surface area (Å²) in [5.41, 5.74) is 8.14. The molecule has 4 nitrogen and oxygen atoms in total. The van der Waals surface area contributed by atoms with Crippen molar-refractivity contribution in [2.45, 2.75) is 26.7 Å². The van der Waals surface area contributed by atoms with Crippen molar-refractivity contribution < 1.29 is 20.1 Å². The van der Waals surface area contributed by atoms with Gasteiger partial charge in [-0.1, -0.05) is 72.9 Å². The van der Waals surface area contributed by atoms with Crippen LogP contribution in [-0.2, 0) is 20.1 Å². The zero-order valence-electron chi connectivity index (χ0n) is 23.7. The van der Waals surface area contributed by atoms with Gasteiger partial charge < -0.3 is 19.2 Å². The number of aryl methyl sites for hydroxylation is 1. The Hall–Kier alpha value is -4.18. The third-order valence-corrected chi connectivity index (χ3v) is 7.77. The fraction of sp³-hybridized carbons (Fsp3) is 0.135. The molecule has 0 radical (unpaired) electrons. The van der Waals surface area contributed by atoms with E-state index in [-0.39, 0.29) is 20.1 Å². The van der Waals surface area contributed by atoms with Gasteiger partial charge in [-0.2, -0.15) is 18.8 Å². The number of fused-ring (bicyclic) bond motifs is 6. The van der Waals surface area contributed by atoms with Gasteiger partial charge in [-0.25, -0.2) is 0 Å². The van der Waals surface area contributed by atoms with Crippen LogP contribution in [0.25, 0.3) is 49.4 Å². The van der Waals surface area contributed by atoms with Crippen LogP contribution in [-0.4, -0.2) is 20.8 Å². The van der Waals surface area contributed by atoms with Crippen molar-refractivity contribution in [3.8, 4) is 11.3 Å². The molecule has 8 rings (SSSR count). The molecular formula is C37H31IrN4. The Bertz CT molecular complexity index is 1980. The van der Waals surface area contributed by atoms with Crippen LogP contribution in [0.1, 0.15) is 25.3 Å². The minimum Gasteiger partial charge on any atom is -0.508 e. The maximum atomic E-state index is 4.32. The SMILES string of the molecule is CCCCN1C=CN(c2[c-]cc3c4ccccc4n4c5ccccc5c2c34)[CH-]1.Cc1ccc(-c2[c-]cccc2)nc1.[Ir+3]. The Balaban J connectivity index is 0.000000191. The van der Waals surface area contributed by atoms with Crippen molar-refractivity contribution >= 4 is 43.8 Å². The number of hydrogen-bond acceptors (Lipinski definition) is 3. The second-order valence-corrected chi connectivity index (χ2v) is 10.6. The molecule has 3 aromatic heterocycles. The Morgan fingerprint density at radius 3 is 2.31 bits per heavy atom. The summed E-state index contributed by atoms with van der Waals surface area (Å²) in [5.74, 6) is 0. The second-order valence-electron chi connectivity index (χ2n) is 10.6. The van der Waals surface area contributed by atoms with E-state index >= 15 is 0 Å². The second kappa shape index (κ2) is 12.0. The average molecular weight is 724 g/mol. The molecule has 4 aromatic carbocycles. The summed E-state index contributed by atoms with van der Waals surface area (Å²) in [7, 11) is 0. The monoisotopic (exact) mass is 724 g/mol. The number of benzene rings is 4. The van der Waals surface area contributed by atoms with E-state index in [0.717, 1.165) is 23.5 Å². The number of unbranched alkanes of at least 4 members (excludes halogenated alkanes) is 1. The van der Waals surface area contributed by atoms with Crippen molar-refractivity contribution in [2.24, 2.45) is 0 Å². The molecule has 0 fully saturated rings. The predicted octanol–water partition coefficient (Wildman–Crippen LogP) is 9.00. The number of aromatic nitrogens is 2. The molecule has 0 aliphatic carbocycles. The molecule has 1 aliphatic heterocycles. The van der Waals surface area contributed by atoms with E-state index in [1.165, 1.54) is 56.5 Å². The molecule has 0 saturated heterocycles. The quantitative estimate of drug-likeness (QED) is 0.166.